The van der Waals surface area contributed by atoms with Gasteiger partial charge in [-0.25, -0.2) is 4.98 Å². The maximum Gasteiger partial charge on any atom is 0.123 e. The molecular weight excluding hydrogens is 240 g/mol. The second-order valence-corrected chi connectivity index (χ2v) is 7.02. The number of aromatic nitrogens is 2. The Morgan fingerprint density at radius 2 is 1.61 bits per heavy atom. The normalized spacial score (nSPS) is 12.6. The summed E-state index contributed by atoms with van der Waals surface area (Å²) in [5.41, 5.74) is 2.60. The molecule has 2 nitrogen and oxygen atoms in total. The predicted octanol–water partition coefficient (Wildman–Crippen LogP) is 5.23. The highest BCUT2D eigenvalue weighted by Gasteiger charge is 2.21. The topological polar surface area (TPSA) is 17.8 Å². The van der Waals surface area contributed by atoms with Crippen molar-refractivity contribution in [3.63, 3.8) is 0 Å². The van der Waals surface area contributed by atoms with Gasteiger partial charge in [-0.2, -0.15) is 0 Å². The zero-order chi connectivity index (χ0) is 13.6. The van der Waals surface area contributed by atoms with Gasteiger partial charge in [-0.3, -0.25) is 0 Å². The Morgan fingerprint density at radius 3 is 2.06 bits per heavy atom. The minimum Gasteiger partial charge on any atom is -0.317 e. The number of rotatable bonds is 3. The minimum absolute atomic E-state index is 0.477. The third-order valence-corrected chi connectivity index (χ3v) is 4.96. The van der Waals surface area contributed by atoms with Crippen LogP contribution in [-0.4, -0.2) is 9.55 Å². The second-order valence-electron chi connectivity index (χ2n) is 5.99. The van der Waals surface area contributed by atoms with Gasteiger partial charge >= 0.3 is 0 Å². The zero-order valence-corrected chi connectivity index (χ0v) is 13.4. The minimum atomic E-state index is 0.477. The number of hydrogen-bond acceptors (Lipinski definition) is 2. The van der Waals surface area contributed by atoms with E-state index in [0.717, 1.165) is 0 Å². The highest BCUT2D eigenvalue weighted by atomic mass is 32.1. The van der Waals surface area contributed by atoms with E-state index in [2.05, 4.69) is 53.0 Å². The number of aryl methyl sites for hydroxylation is 1. The molecule has 2 aromatic rings. The van der Waals surface area contributed by atoms with Gasteiger partial charge in [0, 0.05) is 16.8 Å². The maximum absolute atomic E-state index is 4.91. The van der Waals surface area contributed by atoms with Crippen LogP contribution in [0.4, 0.5) is 0 Å². The molecule has 0 saturated carbocycles. The van der Waals surface area contributed by atoms with Gasteiger partial charge in [-0.05, 0) is 32.3 Å². The lowest BCUT2D eigenvalue weighted by molar-refractivity contribution is 0.566. The van der Waals surface area contributed by atoms with Crippen LogP contribution in [0.25, 0.3) is 10.3 Å². The molecule has 100 valence electrons. The van der Waals surface area contributed by atoms with Crippen molar-refractivity contribution in [3.8, 4) is 0 Å². The zero-order valence-electron chi connectivity index (χ0n) is 12.5. The van der Waals surface area contributed by atoms with E-state index in [4.69, 9.17) is 4.98 Å². The maximum atomic E-state index is 4.91. The molecule has 0 radical (unpaired) electrons. The summed E-state index contributed by atoms with van der Waals surface area (Å²) in [6.45, 7) is 15.7. The van der Waals surface area contributed by atoms with Crippen LogP contribution in [0.5, 0.6) is 0 Å². The molecule has 2 heterocycles. The lowest BCUT2D eigenvalue weighted by Crippen LogP contribution is -2.07. The quantitative estimate of drug-likeness (QED) is 0.742. The lowest BCUT2D eigenvalue weighted by Gasteiger charge is -2.14. The van der Waals surface area contributed by atoms with Gasteiger partial charge in [0.25, 0.3) is 0 Å². The summed E-state index contributed by atoms with van der Waals surface area (Å²) >= 11 is 1.93. The van der Waals surface area contributed by atoms with Crippen molar-refractivity contribution in [3.05, 3.63) is 16.3 Å². The van der Waals surface area contributed by atoms with Crippen molar-refractivity contribution in [1.82, 2.24) is 9.55 Å². The summed E-state index contributed by atoms with van der Waals surface area (Å²) in [5.74, 6) is 2.30. The second kappa shape index (κ2) is 4.69. The van der Waals surface area contributed by atoms with Crippen LogP contribution in [0.3, 0.4) is 0 Å². The van der Waals surface area contributed by atoms with E-state index in [1.54, 1.807) is 0 Å². The number of hydrogen-bond donors (Lipinski definition) is 0. The first-order chi connectivity index (χ1) is 8.34. The first kappa shape index (κ1) is 13.6. The monoisotopic (exact) mass is 264 g/mol. The van der Waals surface area contributed by atoms with E-state index < -0.39 is 0 Å². The summed E-state index contributed by atoms with van der Waals surface area (Å²) in [7, 11) is 0. The van der Waals surface area contributed by atoms with E-state index in [1.165, 1.54) is 26.6 Å². The molecule has 2 aromatic heterocycles. The van der Waals surface area contributed by atoms with Gasteiger partial charge in [0.1, 0.15) is 16.2 Å². The van der Waals surface area contributed by atoms with Gasteiger partial charge in [0.15, 0.2) is 0 Å². The first-order valence-corrected chi connectivity index (χ1v) is 7.67. The number of nitrogens with zero attached hydrogens (tertiary/aromatic N) is 2. The average Bonchev–Trinajstić information content (AvgIpc) is 2.75. The van der Waals surface area contributed by atoms with Crippen molar-refractivity contribution >= 4 is 21.7 Å². The standard InChI is InChI=1S/C15H24N2S/c1-8(2)13-11(7)12-15(18-13)17(10(5)6)14(16-12)9(3)4/h8-10H,1-7H3. The van der Waals surface area contributed by atoms with E-state index in [9.17, 15) is 0 Å². The molecule has 0 amide bonds. The van der Waals surface area contributed by atoms with Crippen molar-refractivity contribution < 1.29 is 0 Å². The van der Waals surface area contributed by atoms with Crippen molar-refractivity contribution in [1.29, 1.82) is 0 Å². The Kier molecular flexibility index (Phi) is 3.54. The first-order valence-electron chi connectivity index (χ1n) is 6.85. The van der Waals surface area contributed by atoms with Crippen molar-refractivity contribution in [2.24, 2.45) is 0 Å². The Hall–Kier alpha value is -0.830. The molecular formula is C15H24N2S. The molecule has 18 heavy (non-hydrogen) atoms. The number of imidazole rings is 1. The van der Waals surface area contributed by atoms with E-state index >= 15 is 0 Å². The summed E-state index contributed by atoms with van der Waals surface area (Å²) in [6.07, 6.45) is 0. The SMILES string of the molecule is Cc1c(C(C)C)sc2c1nc(C(C)C)n2C(C)C. The molecule has 0 bridgehead atoms. The van der Waals surface area contributed by atoms with Crippen LogP contribution in [0.2, 0.25) is 0 Å². The van der Waals surface area contributed by atoms with Gasteiger partial charge in [0.05, 0.1) is 0 Å². The summed E-state index contributed by atoms with van der Waals surface area (Å²) in [6, 6.07) is 0.477. The van der Waals surface area contributed by atoms with Crippen LogP contribution < -0.4 is 0 Å². The number of fused-ring (bicyclic) bond motifs is 1. The fourth-order valence-corrected chi connectivity index (χ4v) is 3.92. The van der Waals surface area contributed by atoms with Crippen molar-refractivity contribution in [2.45, 2.75) is 66.3 Å². The van der Waals surface area contributed by atoms with Crippen LogP contribution >= 0.6 is 11.3 Å². The smallest absolute Gasteiger partial charge is 0.123 e. The third-order valence-electron chi connectivity index (χ3n) is 3.38. The fraction of sp³-hybridized carbons (Fsp3) is 0.667. The molecule has 0 saturated heterocycles. The number of thiophene rings is 1. The third kappa shape index (κ3) is 1.99. The van der Waals surface area contributed by atoms with Gasteiger partial charge in [0.2, 0.25) is 0 Å². The fourth-order valence-electron chi connectivity index (χ4n) is 2.53. The van der Waals surface area contributed by atoms with Crippen LogP contribution in [0.1, 0.15) is 75.7 Å². The highest BCUT2D eigenvalue weighted by molar-refractivity contribution is 7.19. The molecule has 3 heteroatoms. The average molecular weight is 264 g/mol. The van der Waals surface area contributed by atoms with Gasteiger partial charge in [-0.15, -0.1) is 11.3 Å². The molecule has 2 rings (SSSR count). The Morgan fingerprint density at radius 1 is 1.00 bits per heavy atom. The Labute approximate surface area is 114 Å². The largest absolute Gasteiger partial charge is 0.317 e. The molecule has 0 aliphatic rings. The van der Waals surface area contributed by atoms with Gasteiger partial charge in [-0.1, -0.05) is 27.7 Å². The van der Waals surface area contributed by atoms with Crippen LogP contribution in [0.15, 0.2) is 0 Å². The molecule has 0 atom stereocenters. The Bertz CT molecular complexity index is 559. The van der Waals surface area contributed by atoms with E-state index in [1.807, 2.05) is 11.3 Å². The Balaban J connectivity index is 2.75. The molecule has 0 aromatic carbocycles. The summed E-state index contributed by atoms with van der Waals surface area (Å²) in [5, 5.41) is 0. The molecule has 0 N–H and O–H groups in total. The van der Waals surface area contributed by atoms with E-state index in [0.29, 0.717) is 17.9 Å². The van der Waals surface area contributed by atoms with E-state index in [-0.39, 0.29) is 0 Å². The summed E-state index contributed by atoms with van der Waals surface area (Å²) in [4.78, 5) is 7.75. The molecule has 0 aliphatic carbocycles. The highest BCUT2D eigenvalue weighted by Crippen LogP contribution is 2.38. The molecule has 0 spiro atoms. The van der Waals surface area contributed by atoms with Gasteiger partial charge < -0.3 is 4.57 Å². The molecule has 0 fully saturated rings. The van der Waals surface area contributed by atoms with Crippen LogP contribution in [0, 0.1) is 6.92 Å². The van der Waals surface area contributed by atoms with Crippen LogP contribution in [-0.2, 0) is 0 Å². The molecule has 0 aliphatic heterocycles. The lowest BCUT2D eigenvalue weighted by atomic mass is 10.1. The molecule has 0 unspecified atom stereocenters. The predicted molar refractivity (Wildman–Crippen MR) is 80.9 cm³/mol. The van der Waals surface area contributed by atoms with Crippen molar-refractivity contribution in [2.75, 3.05) is 0 Å². The summed E-state index contributed by atoms with van der Waals surface area (Å²) < 4.78 is 2.42.